The summed E-state index contributed by atoms with van der Waals surface area (Å²) in [6.45, 7) is 2.25. The maximum absolute atomic E-state index is 5.73. The van der Waals surface area contributed by atoms with E-state index in [-0.39, 0.29) is 0 Å². The molecule has 0 atom stereocenters. The second-order valence-corrected chi connectivity index (χ2v) is 4.87. The normalized spacial score (nSPS) is 10.9. The highest BCUT2D eigenvalue weighted by Crippen LogP contribution is 2.27. The van der Waals surface area contributed by atoms with Crippen LogP contribution >= 0.6 is 11.3 Å². The van der Waals surface area contributed by atoms with Crippen LogP contribution in [0, 0.1) is 6.92 Å². The van der Waals surface area contributed by atoms with Crippen LogP contribution in [-0.4, -0.2) is 15.1 Å². The molecule has 2 aromatic heterocycles. The van der Waals surface area contributed by atoms with Crippen molar-refractivity contribution < 1.29 is 4.52 Å². The van der Waals surface area contributed by atoms with Crippen LogP contribution in [0.5, 0.6) is 0 Å². The Balaban J connectivity index is 1.78. The van der Waals surface area contributed by atoms with E-state index in [1.807, 2.05) is 18.2 Å². The molecule has 3 rings (SSSR count). The van der Waals surface area contributed by atoms with Crippen molar-refractivity contribution >= 4 is 32.4 Å². The summed E-state index contributed by atoms with van der Waals surface area (Å²) in [7, 11) is 0. The molecule has 0 aliphatic rings. The Morgan fingerprint density at radius 1 is 1.39 bits per heavy atom. The second kappa shape index (κ2) is 4.26. The first kappa shape index (κ1) is 11.0. The molecule has 18 heavy (non-hydrogen) atoms. The van der Waals surface area contributed by atoms with Crippen molar-refractivity contribution in [2.24, 2.45) is 0 Å². The van der Waals surface area contributed by atoms with E-state index in [0.717, 1.165) is 21.0 Å². The number of hydrogen-bond acceptors (Lipinski definition) is 7. The molecule has 0 unspecified atom stereocenters. The highest BCUT2D eigenvalue weighted by molar-refractivity contribution is 7.22. The molecule has 7 heteroatoms. The third-order valence-electron chi connectivity index (χ3n) is 2.37. The van der Waals surface area contributed by atoms with Crippen molar-refractivity contribution in [1.29, 1.82) is 0 Å². The lowest BCUT2D eigenvalue weighted by Crippen LogP contribution is -1.98. The van der Waals surface area contributed by atoms with Crippen LogP contribution in [0.3, 0.4) is 0 Å². The summed E-state index contributed by atoms with van der Waals surface area (Å²) in [6.07, 6.45) is 0. The minimum absolute atomic E-state index is 0.468. The Labute approximate surface area is 107 Å². The Hall–Kier alpha value is -2.15. The Morgan fingerprint density at radius 2 is 2.28 bits per heavy atom. The van der Waals surface area contributed by atoms with Gasteiger partial charge in [0, 0.05) is 5.69 Å². The van der Waals surface area contributed by atoms with Crippen LogP contribution in [0.25, 0.3) is 10.2 Å². The van der Waals surface area contributed by atoms with Crippen LogP contribution in [0.15, 0.2) is 22.7 Å². The van der Waals surface area contributed by atoms with Crippen molar-refractivity contribution in [1.82, 2.24) is 15.1 Å². The fourth-order valence-corrected chi connectivity index (χ4v) is 2.49. The maximum Gasteiger partial charge on any atom is 0.246 e. The van der Waals surface area contributed by atoms with E-state index in [9.17, 15) is 0 Å². The van der Waals surface area contributed by atoms with Gasteiger partial charge in [-0.2, -0.15) is 4.98 Å². The fraction of sp³-hybridized carbons (Fsp3) is 0.182. The van der Waals surface area contributed by atoms with Gasteiger partial charge in [0.25, 0.3) is 0 Å². The molecule has 0 aliphatic heterocycles. The van der Waals surface area contributed by atoms with Gasteiger partial charge >= 0.3 is 0 Å². The zero-order valence-electron chi connectivity index (χ0n) is 9.67. The van der Waals surface area contributed by atoms with Gasteiger partial charge in [-0.15, -0.1) is 0 Å². The lowest BCUT2D eigenvalue weighted by molar-refractivity contribution is 0.379. The molecule has 0 saturated carbocycles. The summed E-state index contributed by atoms with van der Waals surface area (Å²) < 4.78 is 6.07. The van der Waals surface area contributed by atoms with Crippen LogP contribution in [0.4, 0.5) is 10.8 Å². The molecular formula is C11H11N5OS. The van der Waals surface area contributed by atoms with E-state index in [1.54, 1.807) is 18.3 Å². The number of aromatic nitrogens is 3. The molecule has 0 bridgehead atoms. The van der Waals surface area contributed by atoms with Crippen molar-refractivity contribution in [2.45, 2.75) is 13.5 Å². The molecule has 0 saturated heterocycles. The quantitative estimate of drug-likeness (QED) is 0.702. The van der Waals surface area contributed by atoms with Crippen LogP contribution < -0.4 is 11.1 Å². The van der Waals surface area contributed by atoms with Gasteiger partial charge in [-0.05, 0) is 25.1 Å². The number of thiazole rings is 1. The number of aryl methyl sites for hydroxylation is 1. The first-order chi connectivity index (χ1) is 8.70. The summed E-state index contributed by atoms with van der Waals surface area (Å²) >= 11 is 1.55. The van der Waals surface area contributed by atoms with Gasteiger partial charge in [0.05, 0.1) is 16.8 Å². The van der Waals surface area contributed by atoms with Crippen LogP contribution in [0.2, 0.25) is 0 Å². The van der Waals surface area contributed by atoms with Gasteiger partial charge in [0.15, 0.2) is 11.0 Å². The van der Waals surface area contributed by atoms with Crippen molar-refractivity contribution in [3.63, 3.8) is 0 Å². The van der Waals surface area contributed by atoms with Crippen molar-refractivity contribution in [2.75, 3.05) is 11.1 Å². The third-order valence-corrected chi connectivity index (χ3v) is 3.35. The highest BCUT2D eigenvalue weighted by atomic mass is 32.1. The molecule has 1 aromatic carbocycles. The molecule has 3 aromatic rings. The number of nitrogens with zero attached hydrogens (tertiary/aromatic N) is 3. The molecule has 0 fully saturated rings. The Morgan fingerprint density at radius 3 is 3.06 bits per heavy atom. The largest absolute Gasteiger partial charge is 0.399 e. The standard InChI is InChI=1S/C11H11N5OS/c1-6-14-10(17-16-6)5-13-11-15-8-3-2-7(12)4-9(8)18-11/h2-4H,5,12H2,1H3,(H,13,15). The van der Waals surface area contributed by atoms with Gasteiger partial charge in [0.1, 0.15) is 0 Å². The van der Waals surface area contributed by atoms with E-state index in [1.165, 1.54) is 0 Å². The number of hydrogen-bond donors (Lipinski definition) is 2. The SMILES string of the molecule is Cc1noc(CNc2nc3ccc(N)cc3s2)n1. The third kappa shape index (κ3) is 2.12. The average molecular weight is 261 g/mol. The molecule has 0 amide bonds. The van der Waals surface area contributed by atoms with E-state index in [0.29, 0.717) is 18.3 Å². The lowest BCUT2D eigenvalue weighted by Gasteiger charge is -1.95. The first-order valence-corrected chi connectivity index (χ1v) is 6.21. The monoisotopic (exact) mass is 261 g/mol. The number of rotatable bonds is 3. The maximum atomic E-state index is 5.73. The molecular weight excluding hydrogens is 250 g/mol. The number of nitrogen functional groups attached to an aromatic ring is 1. The second-order valence-electron chi connectivity index (χ2n) is 3.84. The van der Waals surface area contributed by atoms with E-state index < -0.39 is 0 Å². The van der Waals surface area contributed by atoms with Gasteiger partial charge in [-0.1, -0.05) is 16.5 Å². The molecule has 0 spiro atoms. The zero-order chi connectivity index (χ0) is 12.5. The molecule has 3 N–H and O–H groups in total. The molecule has 2 heterocycles. The summed E-state index contributed by atoms with van der Waals surface area (Å²) in [5.41, 5.74) is 7.40. The number of anilines is 2. The Kier molecular flexibility index (Phi) is 2.60. The zero-order valence-corrected chi connectivity index (χ0v) is 10.5. The van der Waals surface area contributed by atoms with Crippen molar-refractivity contribution in [3.8, 4) is 0 Å². The molecule has 0 radical (unpaired) electrons. The van der Waals surface area contributed by atoms with Gasteiger partial charge in [0.2, 0.25) is 5.89 Å². The van der Waals surface area contributed by atoms with Gasteiger partial charge in [-0.3, -0.25) is 0 Å². The van der Waals surface area contributed by atoms with Crippen molar-refractivity contribution in [3.05, 3.63) is 29.9 Å². The molecule has 6 nitrogen and oxygen atoms in total. The predicted molar refractivity (Wildman–Crippen MR) is 70.4 cm³/mol. The summed E-state index contributed by atoms with van der Waals surface area (Å²) in [4.78, 5) is 8.55. The van der Waals surface area contributed by atoms with Crippen LogP contribution in [-0.2, 0) is 6.54 Å². The Bertz CT molecular complexity index is 690. The van der Waals surface area contributed by atoms with Crippen LogP contribution in [0.1, 0.15) is 11.7 Å². The number of nitrogens with two attached hydrogens (primary N) is 1. The first-order valence-electron chi connectivity index (χ1n) is 5.40. The smallest absolute Gasteiger partial charge is 0.246 e. The summed E-state index contributed by atoms with van der Waals surface area (Å²) in [6, 6.07) is 5.66. The average Bonchev–Trinajstić information content (AvgIpc) is 2.92. The molecule has 0 aliphatic carbocycles. The number of fused-ring (bicyclic) bond motifs is 1. The number of nitrogens with one attached hydrogen (secondary N) is 1. The lowest BCUT2D eigenvalue weighted by atomic mass is 10.3. The fourth-order valence-electron chi connectivity index (χ4n) is 1.58. The topological polar surface area (TPSA) is 89.9 Å². The minimum Gasteiger partial charge on any atom is -0.399 e. The van der Waals surface area contributed by atoms with E-state index in [2.05, 4.69) is 20.4 Å². The molecule has 92 valence electrons. The minimum atomic E-state index is 0.468. The number of benzene rings is 1. The highest BCUT2D eigenvalue weighted by Gasteiger charge is 2.06. The predicted octanol–water partition coefficient (Wildman–Crippen LogP) is 2.18. The van der Waals surface area contributed by atoms with E-state index >= 15 is 0 Å². The summed E-state index contributed by atoms with van der Waals surface area (Å²) in [5, 5.41) is 7.69. The van der Waals surface area contributed by atoms with Gasteiger partial charge in [-0.25, -0.2) is 4.98 Å². The van der Waals surface area contributed by atoms with E-state index in [4.69, 9.17) is 10.3 Å². The van der Waals surface area contributed by atoms with Gasteiger partial charge < -0.3 is 15.6 Å². The summed E-state index contributed by atoms with van der Waals surface area (Å²) in [5.74, 6) is 1.18.